The van der Waals surface area contributed by atoms with Crippen molar-refractivity contribution < 1.29 is 8.42 Å². The van der Waals surface area contributed by atoms with Crippen molar-refractivity contribution in [2.45, 2.75) is 30.2 Å². The number of anilines is 1. The maximum absolute atomic E-state index is 12.4. The van der Waals surface area contributed by atoms with Crippen LogP contribution in [0.3, 0.4) is 0 Å². The highest BCUT2D eigenvalue weighted by atomic mass is 32.2. The van der Waals surface area contributed by atoms with Crippen LogP contribution in [0.4, 0.5) is 5.82 Å². The summed E-state index contributed by atoms with van der Waals surface area (Å²) in [4.78, 5) is 4.33. The van der Waals surface area contributed by atoms with Crippen LogP contribution in [-0.2, 0) is 10.0 Å². The van der Waals surface area contributed by atoms with Crippen LogP contribution in [0.5, 0.6) is 0 Å². The van der Waals surface area contributed by atoms with Gasteiger partial charge >= 0.3 is 0 Å². The van der Waals surface area contributed by atoms with Crippen molar-refractivity contribution in [1.29, 1.82) is 0 Å². The van der Waals surface area contributed by atoms with Gasteiger partial charge < -0.3 is 5.32 Å². The molecule has 3 fully saturated rings. The van der Waals surface area contributed by atoms with E-state index in [1.807, 2.05) is 0 Å². The number of hydrogen-bond acceptors (Lipinski definition) is 4. The summed E-state index contributed by atoms with van der Waals surface area (Å²) < 4.78 is 27.6. The van der Waals surface area contributed by atoms with E-state index in [2.05, 4.69) is 15.0 Å². The van der Waals surface area contributed by atoms with Gasteiger partial charge in [-0.15, -0.1) is 0 Å². The number of aromatic nitrogens is 1. The first-order valence-electron chi connectivity index (χ1n) is 7.26. The van der Waals surface area contributed by atoms with Crippen molar-refractivity contribution in [3.8, 4) is 0 Å². The Kier molecular flexibility index (Phi) is 2.63. The molecule has 1 aromatic heterocycles. The first-order chi connectivity index (χ1) is 9.60. The molecule has 1 aromatic rings. The standard InChI is InChI=1S/C14H19N3O2S/c1-15-11-5-4-10(7-16-11)20(18,19)17-14-12-8-2-3-9(6-8)13(12)14/h4-5,7-9,12-14,17H,2-3,6H2,1H3,(H,15,16). The van der Waals surface area contributed by atoms with Crippen molar-refractivity contribution in [2.24, 2.45) is 23.7 Å². The maximum atomic E-state index is 12.4. The molecule has 108 valence electrons. The van der Waals surface area contributed by atoms with E-state index in [4.69, 9.17) is 0 Å². The Bertz CT molecular complexity index is 612. The zero-order valence-electron chi connectivity index (χ0n) is 11.4. The molecule has 0 aromatic carbocycles. The fraction of sp³-hybridized carbons (Fsp3) is 0.643. The van der Waals surface area contributed by atoms with Crippen molar-refractivity contribution in [1.82, 2.24) is 9.71 Å². The van der Waals surface area contributed by atoms with Gasteiger partial charge in [0.05, 0.1) is 0 Å². The normalized spacial score (nSPS) is 37.8. The van der Waals surface area contributed by atoms with Gasteiger partial charge in [-0.1, -0.05) is 0 Å². The molecule has 2 N–H and O–H groups in total. The molecule has 3 aliphatic rings. The van der Waals surface area contributed by atoms with Gasteiger partial charge in [0.1, 0.15) is 10.7 Å². The average molecular weight is 293 g/mol. The topological polar surface area (TPSA) is 71.1 Å². The molecule has 0 amide bonds. The summed E-state index contributed by atoms with van der Waals surface area (Å²) in [6.45, 7) is 0. The second-order valence-corrected chi connectivity index (χ2v) is 7.98. The predicted molar refractivity (Wildman–Crippen MR) is 75.7 cm³/mol. The summed E-state index contributed by atoms with van der Waals surface area (Å²) in [5, 5.41) is 2.88. The van der Waals surface area contributed by atoms with Crippen LogP contribution < -0.4 is 10.0 Å². The Labute approximate surface area is 119 Å². The second kappa shape index (κ2) is 4.18. The third-order valence-electron chi connectivity index (χ3n) is 5.33. The summed E-state index contributed by atoms with van der Waals surface area (Å²) in [6.07, 6.45) is 5.33. The predicted octanol–water partition coefficient (Wildman–Crippen LogP) is 1.45. The maximum Gasteiger partial charge on any atom is 0.242 e. The zero-order chi connectivity index (χ0) is 13.9. The first-order valence-corrected chi connectivity index (χ1v) is 8.74. The molecule has 0 radical (unpaired) electrons. The van der Waals surface area contributed by atoms with E-state index >= 15 is 0 Å². The smallest absolute Gasteiger partial charge is 0.242 e. The fourth-order valence-electron chi connectivity index (χ4n) is 4.42. The molecule has 5 nitrogen and oxygen atoms in total. The second-order valence-electron chi connectivity index (χ2n) is 6.26. The van der Waals surface area contributed by atoms with Crippen LogP contribution in [-0.4, -0.2) is 26.5 Å². The van der Waals surface area contributed by atoms with E-state index in [-0.39, 0.29) is 10.9 Å². The summed E-state index contributed by atoms with van der Waals surface area (Å²) >= 11 is 0. The number of rotatable bonds is 4. The molecule has 1 heterocycles. The van der Waals surface area contributed by atoms with E-state index in [0.717, 1.165) is 11.8 Å². The minimum absolute atomic E-state index is 0.176. The van der Waals surface area contributed by atoms with Crippen molar-refractivity contribution in [3.63, 3.8) is 0 Å². The van der Waals surface area contributed by atoms with Crippen LogP contribution in [0.1, 0.15) is 19.3 Å². The molecule has 3 saturated carbocycles. The van der Waals surface area contributed by atoms with Gasteiger partial charge in [-0.25, -0.2) is 18.1 Å². The quantitative estimate of drug-likeness (QED) is 0.881. The highest BCUT2D eigenvalue weighted by molar-refractivity contribution is 7.89. The molecule has 4 atom stereocenters. The zero-order valence-corrected chi connectivity index (χ0v) is 12.2. The van der Waals surface area contributed by atoms with Crippen LogP contribution >= 0.6 is 0 Å². The fourth-order valence-corrected chi connectivity index (χ4v) is 5.66. The number of nitrogens with one attached hydrogen (secondary N) is 2. The van der Waals surface area contributed by atoms with Gasteiger partial charge in [0, 0.05) is 19.3 Å². The number of sulfonamides is 1. The lowest BCUT2D eigenvalue weighted by atomic mass is 10.0. The molecule has 20 heavy (non-hydrogen) atoms. The Hall–Kier alpha value is -1.14. The average Bonchev–Trinajstić information content (AvgIpc) is 2.86. The van der Waals surface area contributed by atoms with Crippen molar-refractivity contribution >= 4 is 15.8 Å². The summed E-state index contributed by atoms with van der Waals surface area (Å²) in [5.74, 6) is 3.41. The Morgan fingerprint density at radius 2 is 1.90 bits per heavy atom. The Morgan fingerprint density at radius 3 is 2.45 bits per heavy atom. The SMILES string of the molecule is CNc1ccc(S(=O)(=O)NC2C3C4CCC(C4)C23)cn1. The molecule has 4 unspecified atom stereocenters. The van der Waals surface area contributed by atoms with Gasteiger partial charge in [-0.3, -0.25) is 0 Å². The lowest BCUT2D eigenvalue weighted by Gasteiger charge is -2.11. The monoisotopic (exact) mass is 293 g/mol. The minimum Gasteiger partial charge on any atom is -0.373 e. The van der Waals surface area contributed by atoms with Crippen LogP contribution in [0.2, 0.25) is 0 Å². The van der Waals surface area contributed by atoms with Gasteiger partial charge in [0.15, 0.2) is 0 Å². The van der Waals surface area contributed by atoms with Crippen LogP contribution in [0.15, 0.2) is 23.2 Å². The first kappa shape index (κ1) is 12.6. The van der Waals surface area contributed by atoms with Crippen molar-refractivity contribution in [3.05, 3.63) is 18.3 Å². The number of fused-ring (bicyclic) bond motifs is 5. The van der Waals surface area contributed by atoms with Crippen LogP contribution in [0, 0.1) is 23.7 Å². The lowest BCUT2D eigenvalue weighted by molar-refractivity contribution is 0.456. The molecular weight excluding hydrogens is 274 g/mol. The highest BCUT2D eigenvalue weighted by Gasteiger charge is 2.65. The number of pyridine rings is 1. The third kappa shape index (κ3) is 1.78. The largest absolute Gasteiger partial charge is 0.373 e. The molecule has 0 saturated heterocycles. The third-order valence-corrected chi connectivity index (χ3v) is 6.77. The Morgan fingerprint density at radius 1 is 1.20 bits per heavy atom. The number of hydrogen-bond donors (Lipinski definition) is 2. The number of nitrogens with zero attached hydrogens (tertiary/aromatic N) is 1. The van der Waals surface area contributed by atoms with Gasteiger partial charge in [-0.2, -0.15) is 0 Å². The van der Waals surface area contributed by atoms with Crippen LogP contribution in [0.25, 0.3) is 0 Å². The molecule has 0 spiro atoms. The van der Waals surface area contributed by atoms with E-state index in [0.29, 0.717) is 17.7 Å². The molecule has 6 heteroatoms. The van der Waals surface area contributed by atoms with E-state index in [1.165, 1.54) is 25.5 Å². The van der Waals surface area contributed by atoms with Gasteiger partial charge in [0.25, 0.3) is 0 Å². The summed E-state index contributed by atoms with van der Waals surface area (Å²) in [7, 11) is -1.66. The Balaban J connectivity index is 1.50. The highest BCUT2D eigenvalue weighted by Crippen LogP contribution is 2.65. The summed E-state index contributed by atoms with van der Waals surface area (Å²) in [6, 6.07) is 3.47. The lowest BCUT2D eigenvalue weighted by Crippen LogP contribution is -2.30. The molecule has 4 rings (SSSR count). The molecule has 2 bridgehead atoms. The van der Waals surface area contributed by atoms with E-state index < -0.39 is 10.0 Å². The minimum atomic E-state index is -3.42. The van der Waals surface area contributed by atoms with Crippen molar-refractivity contribution in [2.75, 3.05) is 12.4 Å². The molecular formula is C14H19N3O2S. The molecule has 0 aliphatic heterocycles. The van der Waals surface area contributed by atoms with Gasteiger partial charge in [0.2, 0.25) is 10.0 Å². The van der Waals surface area contributed by atoms with Gasteiger partial charge in [-0.05, 0) is 55.1 Å². The van der Waals surface area contributed by atoms with E-state index in [9.17, 15) is 8.42 Å². The molecule has 3 aliphatic carbocycles. The van der Waals surface area contributed by atoms with E-state index in [1.54, 1.807) is 19.2 Å². The summed E-state index contributed by atoms with van der Waals surface area (Å²) in [5.41, 5.74) is 0.